The lowest BCUT2D eigenvalue weighted by atomic mass is 9.94. The molecular formula is C16H25NOS. The number of thioether (sulfide) groups is 1. The lowest BCUT2D eigenvalue weighted by Crippen LogP contribution is -2.33. The minimum absolute atomic E-state index is 0.360. The highest BCUT2D eigenvalue weighted by Gasteiger charge is 2.27. The van der Waals surface area contributed by atoms with Crippen LogP contribution in [0.4, 0.5) is 0 Å². The molecule has 0 bridgehead atoms. The lowest BCUT2D eigenvalue weighted by molar-refractivity contribution is 0.147. The second kappa shape index (κ2) is 7.20. The Morgan fingerprint density at radius 2 is 2.21 bits per heavy atom. The predicted octanol–water partition coefficient (Wildman–Crippen LogP) is 3.94. The van der Waals surface area contributed by atoms with E-state index in [4.69, 9.17) is 4.74 Å². The second-order valence-electron chi connectivity index (χ2n) is 5.11. The first-order chi connectivity index (χ1) is 9.24. The van der Waals surface area contributed by atoms with Crippen molar-refractivity contribution in [1.82, 2.24) is 5.32 Å². The molecule has 1 aromatic carbocycles. The number of hydrogen-bond donors (Lipinski definition) is 1. The van der Waals surface area contributed by atoms with Gasteiger partial charge in [-0.1, -0.05) is 31.5 Å². The Morgan fingerprint density at radius 1 is 1.37 bits per heavy atom. The molecule has 1 aliphatic heterocycles. The summed E-state index contributed by atoms with van der Waals surface area (Å²) >= 11 is 2.00. The Labute approximate surface area is 121 Å². The number of benzene rings is 1. The van der Waals surface area contributed by atoms with Crippen molar-refractivity contribution < 1.29 is 4.74 Å². The molecule has 0 fully saturated rings. The van der Waals surface area contributed by atoms with Gasteiger partial charge in [0.15, 0.2) is 0 Å². The van der Waals surface area contributed by atoms with Crippen molar-refractivity contribution in [1.29, 1.82) is 0 Å². The monoisotopic (exact) mass is 279 g/mol. The van der Waals surface area contributed by atoms with Crippen LogP contribution in [-0.2, 0) is 0 Å². The molecule has 0 saturated heterocycles. The molecule has 2 atom stereocenters. The summed E-state index contributed by atoms with van der Waals surface area (Å²) in [6.45, 7) is 7.54. The van der Waals surface area contributed by atoms with Gasteiger partial charge in [0.1, 0.15) is 11.9 Å². The second-order valence-corrected chi connectivity index (χ2v) is 6.51. The van der Waals surface area contributed by atoms with E-state index in [0.717, 1.165) is 25.1 Å². The minimum atomic E-state index is 0.360. The molecule has 3 heteroatoms. The zero-order valence-corrected chi connectivity index (χ0v) is 13.1. The SMILES string of the molecule is CCNC1CC(CCSCC)Oc2ccc(C)cc21. The average Bonchev–Trinajstić information content (AvgIpc) is 2.40. The van der Waals surface area contributed by atoms with Crippen LogP contribution in [0.2, 0.25) is 0 Å². The third-order valence-corrected chi connectivity index (χ3v) is 4.50. The van der Waals surface area contributed by atoms with Crippen LogP contribution < -0.4 is 10.1 Å². The zero-order chi connectivity index (χ0) is 13.7. The highest BCUT2D eigenvalue weighted by molar-refractivity contribution is 7.99. The minimum Gasteiger partial charge on any atom is -0.490 e. The van der Waals surface area contributed by atoms with Crippen LogP contribution in [0.5, 0.6) is 5.75 Å². The quantitative estimate of drug-likeness (QED) is 0.797. The van der Waals surface area contributed by atoms with Gasteiger partial charge in [0.05, 0.1) is 0 Å². The smallest absolute Gasteiger partial charge is 0.124 e. The first-order valence-electron chi connectivity index (χ1n) is 7.33. The molecule has 0 amide bonds. The fourth-order valence-corrected chi connectivity index (χ4v) is 3.36. The van der Waals surface area contributed by atoms with Gasteiger partial charge in [0.2, 0.25) is 0 Å². The van der Waals surface area contributed by atoms with Gasteiger partial charge in [-0.05, 0) is 37.5 Å². The van der Waals surface area contributed by atoms with E-state index in [1.165, 1.54) is 22.6 Å². The molecule has 0 spiro atoms. The Balaban J connectivity index is 2.09. The fourth-order valence-electron chi connectivity index (χ4n) is 2.64. The van der Waals surface area contributed by atoms with Gasteiger partial charge in [0, 0.05) is 18.0 Å². The van der Waals surface area contributed by atoms with Crippen LogP contribution in [-0.4, -0.2) is 24.2 Å². The standard InChI is InChI=1S/C16H25NOS/c1-4-17-15-11-13(8-9-19-5-2)18-16-7-6-12(3)10-14(15)16/h6-7,10,13,15,17H,4-5,8-9,11H2,1-3H3. The summed E-state index contributed by atoms with van der Waals surface area (Å²) in [6.07, 6.45) is 2.60. The first-order valence-corrected chi connectivity index (χ1v) is 8.48. The van der Waals surface area contributed by atoms with Crippen molar-refractivity contribution in [3.63, 3.8) is 0 Å². The summed E-state index contributed by atoms with van der Waals surface area (Å²) in [6, 6.07) is 6.99. The lowest BCUT2D eigenvalue weighted by Gasteiger charge is -2.33. The summed E-state index contributed by atoms with van der Waals surface area (Å²) < 4.78 is 6.16. The molecule has 1 aliphatic rings. The molecule has 2 rings (SSSR count). The van der Waals surface area contributed by atoms with E-state index >= 15 is 0 Å². The summed E-state index contributed by atoms with van der Waals surface area (Å²) in [5.41, 5.74) is 2.64. The largest absolute Gasteiger partial charge is 0.490 e. The van der Waals surface area contributed by atoms with E-state index < -0.39 is 0 Å². The number of nitrogens with one attached hydrogen (secondary N) is 1. The maximum Gasteiger partial charge on any atom is 0.124 e. The summed E-state index contributed by atoms with van der Waals surface area (Å²) in [5.74, 6) is 3.47. The van der Waals surface area contributed by atoms with Gasteiger partial charge < -0.3 is 10.1 Å². The highest BCUT2D eigenvalue weighted by atomic mass is 32.2. The van der Waals surface area contributed by atoms with Gasteiger partial charge in [0.25, 0.3) is 0 Å². The van der Waals surface area contributed by atoms with Crippen LogP contribution in [0.25, 0.3) is 0 Å². The fraction of sp³-hybridized carbons (Fsp3) is 0.625. The summed E-state index contributed by atoms with van der Waals surface area (Å²) in [4.78, 5) is 0. The van der Waals surface area contributed by atoms with Crippen molar-refractivity contribution in [3.8, 4) is 5.75 Å². The van der Waals surface area contributed by atoms with Crippen LogP contribution in [0.15, 0.2) is 18.2 Å². The van der Waals surface area contributed by atoms with Crippen LogP contribution in [0, 0.1) is 6.92 Å². The highest BCUT2D eigenvalue weighted by Crippen LogP contribution is 2.36. The van der Waals surface area contributed by atoms with E-state index in [-0.39, 0.29) is 0 Å². The number of ether oxygens (including phenoxy) is 1. The van der Waals surface area contributed by atoms with E-state index in [9.17, 15) is 0 Å². The van der Waals surface area contributed by atoms with Gasteiger partial charge in [-0.25, -0.2) is 0 Å². The number of aryl methyl sites for hydroxylation is 1. The third-order valence-electron chi connectivity index (χ3n) is 3.57. The molecule has 0 radical (unpaired) electrons. The van der Waals surface area contributed by atoms with Gasteiger partial charge >= 0.3 is 0 Å². The number of fused-ring (bicyclic) bond motifs is 1. The molecular weight excluding hydrogens is 254 g/mol. The van der Waals surface area contributed by atoms with Crippen molar-refractivity contribution in [2.75, 3.05) is 18.1 Å². The normalized spacial score (nSPS) is 21.8. The van der Waals surface area contributed by atoms with E-state index in [0.29, 0.717) is 12.1 Å². The van der Waals surface area contributed by atoms with Crippen LogP contribution >= 0.6 is 11.8 Å². The Morgan fingerprint density at radius 3 is 2.95 bits per heavy atom. The summed E-state index contributed by atoms with van der Waals surface area (Å²) in [5, 5.41) is 3.60. The van der Waals surface area contributed by atoms with Crippen LogP contribution in [0.3, 0.4) is 0 Å². The maximum absolute atomic E-state index is 6.16. The van der Waals surface area contributed by atoms with Crippen molar-refractivity contribution in [3.05, 3.63) is 29.3 Å². The topological polar surface area (TPSA) is 21.3 Å². The zero-order valence-electron chi connectivity index (χ0n) is 12.2. The van der Waals surface area contributed by atoms with E-state index in [2.05, 4.69) is 44.3 Å². The Bertz CT molecular complexity index is 408. The molecule has 2 nitrogen and oxygen atoms in total. The third kappa shape index (κ3) is 3.90. The van der Waals surface area contributed by atoms with Crippen molar-refractivity contribution in [2.24, 2.45) is 0 Å². The molecule has 1 heterocycles. The maximum atomic E-state index is 6.16. The predicted molar refractivity (Wildman–Crippen MR) is 84.2 cm³/mol. The molecule has 1 aromatic rings. The van der Waals surface area contributed by atoms with E-state index in [1.807, 2.05) is 11.8 Å². The number of hydrogen-bond acceptors (Lipinski definition) is 3. The molecule has 0 aliphatic carbocycles. The molecule has 1 N–H and O–H groups in total. The molecule has 2 unspecified atom stereocenters. The Hall–Kier alpha value is -0.670. The van der Waals surface area contributed by atoms with E-state index in [1.54, 1.807) is 0 Å². The molecule has 106 valence electrons. The molecule has 0 saturated carbocycles. The number of rotatable bonds is 6. The van der Waals surface area contributed by atoms with Gasteiger partial charge in [-0.3, -0.25) is 0 Å². The molecule has 0 aromatic heterocycles. The van der Waals surface area contributed by atoms with Crippen molar-refractivity contribution >= 4 is 11.8 Å². The van der Waals surface area contributed by atoms with Crippen molar-refractivity contribution in [2.45, 2.75) is 45.8 Å². The summed E-state index contributed by atoms with van der Waals surface area (Å²) in [7, 11) is 0. The average molecular weight is 279 g/mol. The van der Waals surface area contributed by atoms with Crippen LogP contribution in [0.1, 0.15) is 43.9 Å². The first kappa shape index (κ1) is 14.7. The molecule has 19 heavy (non-hydrogen) atoms. The van der Waals surface area contributed by atoms with Gasteiger partial charge in [-0.15, -0.1) is 0 Å². The van der Waals surface area contributed by atoms with Gasteiger partial charge in [-0.2, -0.15) is 11.8 Å². The Kier molecular flexibility index (Phi) is 5.59.